The zero-order valence-electron chi connectivity index (χ0n) is 11.2. The predicted octanol–water partition coefficient (Wildman–Crippen LogP) is 0.657. The van der Waals surface area contributed by atoms with Crippen molar-refractivity contribution in [2.45, 2.75) is 19.4 Å². The Morgan fingerprint density at radius 3 is 3.05 bits per heavy atom. The Morgan fingerprint density at radius 1 is 1.68 bits per heavy atom. The quantitative estimate of drug-likeness (QED) is 0.780. The average Bonchev–Trinajstić information content (AvgIpc) is 2.78. The van der Waals surface area contributed by atoms with Crippen LogP contribution < -0.4 is 10.6 Å². The highest BCUT2D eigenvalue weighted by Gasteiger charge is 2.33. The van der Waals surface area contributed by atoms with E-state index in [9.17, 15) is 9.90 Å². The molecule has 2 unspecified atom stereocenters. The summed E-state index contributed by atoms with van der Waals surface area (Å²) in [7, 11) is 1.32. The second-order valence-electron chi connectivity index (χ2n) is 4.84. The van der Waals surface area contributed by atoms with E-state index >= 15 is 0 Å². The highest BCUT2D eigenvalue weighted by molar-refractivity contribution is 5.95. The third-order valence-electron chi connectivity index (χ3n) is 3.63. The van der Waals surface area contributed by atoms with Gasteiger partial charge in [-0.25, -0.2) is 9.78 Å². The SMILES string of the molecule is COC(=O)c1cc(N)cnc1N1CCC(C)C1CO. The van der Waals surface area contributed by atoms with Crippen LogP contribution in [-0.2, 0) is 4.74 Å². The first kappa shape index (κ1) is 13.6. The molecule has 1 aromatic heterocycles. The van der Waals surface area contributed by atoms with Gasteiger partial charge in [-0.3, -0.25) is 0 Å². The highest BCUT2D eigenvalue weighted by atomic mass is 16.5. The van der Waals surface area contributed by atoms with E-state index in [1.54, 1.807) is 6.07 Å². The number of methoxy groups -OCH3 is 1. The molecule has 1 aromatic rings. The first-order valence-corrected chi connectivity index (χ1v) is 6.29. The maximum Gasteiger partial charge on any atom is 0.341 e. The second kappa shape index (κ2) is 5.44. The molecule has 1 saturated heterocycles. The van der Waals surface area contributed by atoms with Gasteiger partial charge in [-0.15, -0.1) is 0 Å². The monoisotopic (exact) mass is 265 g/mol. The number of aliphatic hydroxyl groups is 1. The standard InChI is InChI=1S/C13H19N3O3/c1-8-3-4-16(11(8)7-17)12-10(13(18)19-2)5-9(14)6-15-12/h5-6,8,11,17H,3-4,7,14H2,1-2H3. The predicted molar refractivity (Wildman–Crippen MR) is 72.0 cm³/mol. The lowest BCUT2D eigenvalue weighted by Gasteiger charge is -2.27. The molecule has 0 aromatic carbocycles. The number of hydrogen-bond acceptors (Lipinski definition) is 6. The molecular formula is C13H19N3O3. The molecule has 1 aliphatic heterocycles. The first-order valence-electron chi connectivity index (χ1n) is 6.29. The summed E-state index contributed by atoms with van der Waals surface area (Å²) >= 11 is 0. The molecule has 0 aliphatic carbocycles. The fourth-order valence-corrected chi connectivity index (χ4v) is 2.51. The van der Waals surface area contributed by atoms with E-state index in [0.29, 0.717) is 23.0 Å². The van der Waals surface area contributed by atoms with E-state index in [0.717, 1.165) is 13.0 Å². The lowest BCUT2D eigenvalue weighted by molar-refractivity contribution is 0.0601. The van der Waals surface area contributed by atoms with E-state index in [4.69, 9.17) is 10.5 Å². The first-order chi connectivity index (χ1) is 9.08. The van der Waals surface area contributed by atoms with Crippen LogP contribution in [0, 0.1) is 5.92 Å². The summed E-state index contributed by atoms with van der Waals surface area (Å²) in [6, 6.07) is 1.53. The smallest absolute Gasteiger partial charge is 0.341 e. The van der Waals surface area contributed by atoms with Crippen molar-refractivity contribution in [3.8, 4) is 0 Å². The number of pyridine rings is 1. The van der Waals surface area contributed by atoms with Gasteiger partial charge < -0.3 is 20.5 Å². The summed E-state index contributed by atoms with van der Waals surface area (Å²) in [4.78, 5) is 18.0. The average molecular weight is 265 g/mol. The normalized spacial score (nSPS) is 22.6. The number of anilines is 2. The minimum absolute atomic E-state index is 0.0282. The Balaban J connectivity index is 2.41. The molecular weight excluding hydrogens is 246 g/mol. The molecule has 2 heterocycles. The van der Waals surface area contributed by atoms with Gasteiger partial charge in [-0.1, -0.05) is 6.92 Å². The molecule has 2 atom stereocenters. The number of aromatic nitrogens is 1. The number of rotatable bonds is 3. The zero-order valence-corrected chi connectivity index (χ0v) is 11.2. The molecule has 6 heteroatoms. The number of esters is 1. The maximum absolute atomic E-state index is 11.8. The van der Waals surface area contributed by atoms with Crippen LogP contribution in [0.15, 0.2) is 12.3 Å². The molecule has 1 fully saturated rings. The topological polar surface area (TPSA) is 88.7 Å². The molecule has 104 valence electrons. The molecule has 0 radical (unpaired) electrons. The van der Waals surface area contributed by atoms with Crippen LogP contribution in [0.3, 0.4) is 0 Å². The molecule has 0 bridgehead atoms. The van der Waals surface area contributed by atoms with Crippen molar-refractivity contribution in [3.05, 3.63) is 17.8 Å². The van der Waals surface area contributed by atoms with Crippen LogP contribution in [0.1, 0.15) is 23.7 Å². The van der Waals surface area contributed by atoms with Crippen molar-refractivity contribution < 1.29 is 14.6 Å². The van der Waals surface area contributed by atoms with Crippen molar-refractivity contribution in [2.75, 3.05) is 30.9 Å². The number of hydrogen-bond donors (Lipinski definition) is 2. The summed E-state index contributed by atoms with van der Waals surface area (Å²) in [5.74, 6) is 0.422. The third kappa shape index (κ3) is 2.49. The highest BCUT2D eigenvalue weighted by Crippen LogP contribution is 2.31. The van der Waals surface area contributed by atoms with E-state index in [2.05, 4.69) is 11.9 Å². The number of nitrogens with two attached hydrogens (primary N) is 1. The largest absolute Gasteiger partial charge is 0.465 e. The molecule has 19 heavy (non-hydrogen) atoms. The van der Waals surface area contributed by atoms with Gasteiger partial charge in [0.05, 0.1) is 31.6 Å². The van der Waals surface area contributed by atoms with E-state index in [1.807, 2.05) is 4.90 Å². The summed E-state index contributed by atoms with van der Waals surface area (Å²) < 4.78 is 4.76. The lowest BCUT2D eigenvalue weighted by Crippen LogP contribution is -2.36. The maximum atomic E-state index is 11.8. The number of nitrogens with zero attached hydrogens (tertiary/aromatic N) is 2. The minimum atomic E-state index is -0.467. The third-order valence-corrected chi connectivity index (χ3v) is 3.63. The van der Waals surface area contributed by atoms with E-state index in [1.165, 1.54) is 13.3 Å². The molecule has 0 spiro atoms. The van der Waals surface area contributed by atoms with Crippen LogP contribution in [-0.4, -0.2) is 42.4 Å². The van der Waals surface area contributed by atoms with Gasteiger partial charge in [-0.2, -0.15) is 0 Å². The van der Waals surface area contributed by atoms with Crippen LogP contribution in [0.25, 0.3) is 0 Å². The zero-order chi connectivity index (χ0) is 14.0. The number of aliphatic hydroxyl groups excluding tert-OH is 1. The van der Waals surface area contributed by atoms with Gasteiger partial charge in [-0.05, 0) is 18.4 Å². The molecule has 3 N–H and O–H groups in total. The van der Waals surface area contributed by atoms with Gasteiger partial charge in [0.2, 0.25) is 0 Å². The molecule has 0 saturated carbocycles. The Hall–Kier alpha value is -1.82. The molecule has 6 nitrogen and oxygen atoms in total. The van der Waals surface area contributed by atoms with Crippen LogP contribution in [0.4, 0.5) is 11.5 Å². The molecule has 0 amide bonds. The van der Waals surface area contributed by atoms with E-state index < -0.39 is 5.97 Å². The summed E-state index contributed by atoms with van der Waals surface area (Å²) in [5.41, 5.74) is 6.43. The van der Waals surface area contributed by atoms with Crippen molar-refractivity contribution >= 4 is 17.5 Å². The van der Waals surface area contributed by atoms with Gasteiger partial charge in [0.1, 0.15) is 11.4 Å². The molecule has 1 aliphatic rings. The van der Waals surface area contributed by atoms with Crippen LogP contribution in [0.2, 0.25) is 0 Å². The summed E-state index contributed by atoms with van der Waals surface area (Å²) in [5, 5.41) is 9.50. The van der Waals surface area contributed by atoms with Crippen molar-refractivity contribution in [3.63, 3.8) is 0 Å². The Labute approximate surface area is 112 Å². The van der Waals surface area contributed by atoms with Gasteiger partial charge >= 0.3 is 5.97 Å². The second-order valence-corrected chi connectivity index (χ2v) is 4.84. The number of ether oxygens (including phenoxy) is 1. The lowest BCUT2D eigenvalue weighted by atomic mass is 10.0. The Morgan fingerprint density at radius 2 is 2.42 bits per heavy atom. The fraction of sp³-hybridized carbons (Fsp3) is 0.538. The summed E-state index contributed by atoms with van der Waals surface area (Å²) in [6.07, 6.45) is 2.47. The van der Waals surface area contributed by atoms with Gasteiger partial charge in [0, 0.05) is 6.54 Å². The Kier molecular flexibility index (Phi) is 3.90. The number of carbonyl (C=O) groups is 1. The molecule has 2 rings (SSSR count). The van der Waals surface area contributed by atoms with Crippen molar-refractivity contribution in [1.82, 2.24) is 4.98 Å². The number of nitrogen functional groups attached to an aromatic ring is 1. The van der Waals surface area contributed by atoms with Crippen LogP contribution >= 0.6 is 0 Å². The Bertz CT molecular complexity index is 478. The fourth-order valence-electron chi connectivity index (χ4n) is 2.51. The van der Waals surface area contributed by atoms with Crippen LogP contribution in [0.5, 0.6) is 0 Å². The van der Waals surface area contributed by atoms with Crippen molar-refractivity contribution in [2.24, 2.45) is 5.92 Å². The summed E-state index contributed by atoms with van der Waals surface area (Å²) in [6.45, 7) is 2.87. The van der Waals surface area contributed by atoms with Crippen molar-refractivity contribution in [1.29, 1.82) is 0 Å². The van der Waals surface area contributed by atoms with E-state index in [-0.39, 0.29) is 12.6 Å². The van der Waals surface area contributed by atoms with Gasteiger partial charge in [0.25, 0.3) is 0 Å². The van der Waals surface area contributed by atoms with Gasteiger partial charge in [0.15, 0.2) is 0 Å². The number of carbonyl (C=O) groups excluding carboxylic acids is 1. The minimum Gasteiger partial charge on any atom is -0.465 e.